The van der Waals surface area contributed by atoms with Gasteiger partial charge in [0.1, 0.15) is 5.82 Å². The van der Waals surface area contributed by atoms with Crippen LogP contribution < -0.4 is 11.1 Å². The minimum atomic E-state index is -0.644. The largest absolute Gasteiger partial charge is 0.409 e. The first-order valence-corrected chi connectivity index (χ1v) is 4.09. The van der Waals surface area contributed by atoms with E-state index in [0.717, 1.165) is 6.07 Å². The van der Waals surface area contributed by atoms with Gasteiger partial charge in [0.15, 0.2) is 5.84 Å². The molecule has 0 fully saturated rings. The van der Waals surface area contributed by atoms with Crippen LogP contribution in [0.3, 0.4) is 0 Å². The molecule has 0 aliphatic carbocycles. The van der Waals surface area contributed by atoms with Gasteiger partial charge in [0.25, 0.3) is 0 Å². The summed E-state index contributed by atoms with van der Waals surface area (Å²) in [5.74, 6) is -1.21. The molecule has 0 aromatic heterocycles. The second kappa shape index (κ2) is 4.41. The monoisotopic (exact) mass is 211 g/mol. The summed E-state index contributed by atoms with van der Waals surface area (Å²) >= 11 is 0. The zero-order valence-corrected chi connectivity index (χ0v) is 7.99. The van der Waals surface area contributed by atoms with Gasteiger partial charge in [0, 0.05) is 12.5 Å². The molecule has 1 rings (SSSR count). The molecule has 1 aromatic carbocycles. The third-order valence-electron chi connectivity index (χ3n) is 1.68. The highest BCUT2D eigenvalue weighted by molar-refractivity contribution is 5.97. The Morgan fingerprint density at radius 1 is 1.60 bits per heavy atom. The summed E-state index contributed by atoms with van der Waals surface area (Å²) in [7, 11) is 0. The molecule has 6 heteroatoms. The topological polar surface area (TPSA) is 87.7 Å². The number of amidine groups is 1. The van der Waals surface area contributed by atoms with Crippen LogP contribution >= 0.6 is 0 Å². The lowest BCUT2D eigenvalue weighted by molar-refractivity contribution is -0.114. The van der Waals surface area contributed by atoms with Crippen molar-refractivity contribution in [3.8, 4) is 0 Å². The fraction of sp³-hybridized carbons (Fsp3) is 0.111. The summed E-state index contributed by atoms with van der Waals surface area (Å²) in [5, 5.41) is 13.4. The number of hydrogen-bond acceptors (Lipinski definition) is 3. The second-order valence-corrected chi connectivity index (χ2v) is 2.86. The van der Waals surface area contributed by atoms with Gasteiger partial charge >= 0.3 is 0 Å². The van der Waals surface area contributed by atoms with Gasteiger partial charge in [0.05, 0.1) is 5.69 Å². The summed E-state index contributed by atoms with van der Waals surface area (Å²) in [5.41, 5.74) is 5.55. The molecule has 5 nitrogen and oxygen atoms in total. The van der Waals surface area contributed by atoms with Crippen LogP contribution in [-0.4, -0.2) is 17.0 Å². The van der Waals surface area contributed by atoms with E-state index in [2.05, 4.69) is 10.5 Å². The normalized spacial score (nSPS) is 11.2. The van der Waals surface area contributed by atoms with Gasteiger partial charge in [-0.3, -0.25) is 4.79 Å². The van der Waals surface area contributed by atoms with Crippen LogP contribution in [0.5, 0.6) is 0 Å². The van der Waals surface area contributed by atoms with Gasteiger partial charge in [0.2, 0.25) is 5.91 Å². The molecular weight excluding hydrogens is 201 g/mol. The molecule has 0 aliphatic heterocycles. The molecule has 0 heterocycles. The van der Waals surface area contributed by atoms with Crippen molar-refractivity contribution in [3.63, 3.8) is 0 Å². The van der Waals surface area contributed by atoms with Crippen molar-refractivity contribution in [3.05, 3.63) is 29.6 Å². The second-order valence-electron chi connectivity index (χ2n) is 2.86. The maximum absolute atomic E-state index is 13.3. The minimum Gasteiger partial charge on any atom is -0.409 e. The van der Waals surface area contributed by atoms with Crippen molar-refractivity contribution in [2.45, 2.75) is 6.92 Å². The number of anilines is 1. The van der Waals surface area contributed by atoms with Crippen molar-refractivity contribution in [1.82, 2.24) is 0 Å². The first-order chi connectivity index (χ1) is 7.04. The third kappa shape index (κ3) is 2.67. The zero-order chi connectivity index (χ0) is 11.4. The van der Waals surface area contributed by atoms with E-state index in [9.17, 15) is 9.18 Å². The average molecular weight is 211 g/mol. The summed E-state index contributed by atoms with van der Waals surface area (Å²) in [6.45, 7) is 1.27. The number of nitrogens with two attached hydrogens (primary N) is 1. The molecule has 80 valence electrons. The molecule has 0 spiro atoms. The average Bonchev–Trinajstić information content (AvgIpc) is 2.19. The fourth-order valence-corrected chi connectivity index (χ4v) is 1.02. The molecule has 0 bridgehead atoms. The molecule has 0 aliphatic rings. The molecule has 0 radical (unpaired) electrons. The van der Waals surface area contributed by atoms with Crippen molar-refractivity contribution >= 4 is 17.4 Å². The lowest BCUT2D eigenvalue weighted by Gasteiger charge is -2.05. The van der Waals surface area contributed by atoms with E-state index in [1.807, 2.05) is 0 Å². The zero-order valence-electron chi connectivity index (χ0n) is 7.99. The van der Waals surface area contributed by atoms with Crippen LogP contribution in [0.25, 0.3) is 0 Å². The standard InChI is InChI=1S/C9H10FN3O2/c1-5(14)12-8-3-2-6(4-7(8)10)9(11)13-15/h2-4,15H,1H3,(H2,11,13)(H,12,14). The third-order valence-corrected chi connectivity index (χ3v) is 1.68. The number of halogens is 1. The number of amides is 1. The van der Waals surface area contributed by atoms with Crippen LogP contribution in [0.4, 0.5) is 10.1 Å². The predicted molar refractivity (Wildman–Crippen MR) is 53.2 cm³/mol. The Morgan fingerprint density at radius 3 is 2.73 bits per heavy atom. The predicted octanol–water partition coefficient (Wildman–Crippen LogP) is 0.879. The van der Waals surface area contributed by atoms with Crippen LogP contribution in [0.15, 0.2) is 23.4 Å². The quantitative estimate of drug-likeness (QED) is 0.293. The Balaban J connectivity index is 3.03. The van der Waals surface area contributed by atoms with Gasteiger partial charge in [-0.15, -0.1) is 0 Å². The van der Waals surface area contributed by atoms with Crippen molar-refractivity contribution in [2.75, 3.05) is 5.32 Å². The number of carbonyl (C=O) groups is 1. The van der Waals surface area contributed by atoms with E-state index in [0.29, 0.717) is 0 Å². The van der Waals surface area contributed by atoms with Gasteiger partial charge in [-0.2, -0.15) is 0 Å². The Labute approximate surface area is 85.4 Å². The minimum absolute atomic E-state index is 0.0528. The Kier molecular flexibility index (Phi) is 3.22. The van der Waals surface area contributed by atoms with E-state index in [1.165, 1.54) is 19.1 Å². The Morgan fingerprint density at radius 2 is 2.27 bits per heavy atom. The molecule has 15 heavy (non-hydrogen) atoms. The van der Waals surface area contributed by atoms with Gasteiger partial charge in [-0.1, -0.05) is 5.16 Å². The van der Waals surface area contributed by atoms with E-state index in [4.69, 9.17) is 10.9 Å². The maximum atomic E-state index is 13.3. The summed E-state index contributed by atoms with van der Waals surface area (Å²) in [4.78, 5) is 10.7. The van der Waals surface area contributed by atoms with E-state index in [-0.39, 0.29) is 23.0 Å². The van der Waals surface area contributed by atoms with Crippen LogP contribution in [0.2, 0.25) is 0 Å². The highest BCUT2D eigenvalue weighted by atomic mass is 19.1. The van der Waals surface area contributed by atoms with Crippen molar-refractivity contribution < 1.29 is 14.4 Å². The molecule has 1 aromatic rings. The van der Waals surface area contributed by atoms with Gasteiger partial charge < -0.3 is 16.3 Å². The highest BCUT2D eigenvalue weighted by Crippen LogP contribution is 2.15. The summed E-state index contributed by atoms with van der Waals surface area (Å²) < 4.78 is 13.3. The smallest absolute Gasteiger partial charge is 0.221 e. The van der Waals surface area contributed by atoms with Gasteiger partial charge in [-0.25, -0.2) is 4.39 Å². The molecule has 0 saturated carbocycles. The number of nitrogens with zero attached hydrogens (tertiary/aromatic N) is 1. The summed E-state index contributed by atoms with van der Waals surface area (Å²) in [6.07, 6.45) is 0. The molecular formula is C9H10FN3O2. The molecule has 0 saturated heterocycles. The molecule has 0 unspecified atom stereocenters. The Hall–Kier alpha value is -2.11. The number of rotatable bonds is 2. The van der Waals surface area contributed by atoms with Crippen molar-refractivity contribution in [1.29, 1.82) is 0 Å². The van der Waals surface area contributed by atoms with E-state index >= 15 is 0 Å². The molecule has 4 N–H and O–H groups in total. The SMILES string of the molecule is CC(=O)Nc1ccc(/C(N)=N/O)cc1F. The first-order valence-electron chi connectivity index (χ1n) is 4.09. The van der Waals surface area contributed by atoms with Crippen LogP contribution in [0.1, 0.15) is 12.5 Å². The number of carbonyl (C=O) groups excluding carboxylic acids is 1. The summed E-state index contributed by atoms with van der Waals surface area (Å²) in [6, 6.07) is 3.84. The highest BCUT2D eigenvalue weighted by Gasteiger charge is 2.06. The van der Waals surface area contributed by atoms with Crippen LogP contribution in [-0.2, 0) is 4.79 Å². The van der Waals surface area contributed by atoms with Gasteiger partial charge in [-0.05, 0) is 18.2 Å². The van der Waals surface area contributed by atoms with E-state index in [1.54, 1.807) is 0 Å². The molecule has 1 amide bonds. The fourth-order valence-electron chi connectivity index (χ4n) is 1.02. The number of oxime groups is 1. The lowest BCUT2D eigenvalue weighted by Crippen LogP contribution is -2.14. The Bertz CT molecular complexity index is 418. The number of hydrogen-bond donors (Lipinski definition) is 3. The van der Waals surface area contributed by atoms with Crippen LogP contribution in [0, 0.1) is 5.82 Å². The first kappa shape index (κ1) is 11.0. The lowest BCUT2D eigenvalue weighted by atomic mass is 10.2. The number of benzene rings is 1. The van der Waals surface area contributed by atoms with Crippen molar-refractivity contribution in [2.24, 2.45) is 10.9 Å². The molecule has 0 atom stereocenters. The maximum Gasteiger partial charge on any atom is 0.221 e. The van der Waals surface area contributed by atoms with E-state index < -0.39 is 5.82 Å². The number of nitrogens with one attached hydrogen (secondary N) is 1.